The Balaban J connectivity index is 2.00. The molecule has 0 aliphatic heterocycles. The van der Waals surface area contributed by atoms with Gasteiger partial charge in [-0.25, -0.2) is 9.97 Å². The maximum atomic E-state index is 6.51. The molecule has 1 aromatic carbocycles. The molecule has 9 heteroatoms. The predicted octanol–water partition coefficient (Wildman–Crippen LogP) is 6.45. The fourth-order valence-corrected chi connectivity index (χ4v) is 4.52. The molecule has 0 N–H and O–H groups in total. The first kappa shape index (κ1) is 22.4. The topological polar surface area (TPSA) is 49.2 Å². The summed E-state index contributed by atoms with van der Waals surface area (Å²) in [6.45, 7) is 8.24. The standard InChI is InChI=1S/C20H25Cl2N3O2SSi/c1-26-17-10-14(15(21)11-16(17)22)18-13-6-7-25(12-27-8-9-29(3,4)5)19(13)24-20(23-18)28-2/h6-7,10-11H,8-9,12H2,1-5H3. The number of nitrogens with zero attached hydrogens (tertiary/aromatic N) is 3. The summed E-state index contributed by atoms with van der Waals surface area (Å²) in [7, 11) is 0.458. The Morgan fingerprint density at radius 2 is 1.90 bits per heavy atom. The Labute approximate surface area is 186 Å². The lowest BCUT2D eigenvalue weighted by molar-refractivity contribution is 0.0898. The zero-order valence-electron chi connectivity index (χ0n) is 17.3. The Morgan fingerprint density at radius 3 is 2.55 bits per heavy atom. The maximum Gasteiger partial charge on any atom is 0.189 e. The van der Waals surface area contributed by atoms with E-state index >= 15 is 0 Å². The van der Waals surface area contributed by atoms with Crippen molar-refractivity contribution in [2.45, 2.75) is 37.6 Å². The fourth-order valence-electron chi connectivity index (χ4n) is 2.85. The van der Waals surface area contributed by atoms with Gasteiger partial charge in [0.1, 0.15) is 18.1 Å². The van der Waals surface area contributed by atoms with Gasteiger partial charge in [0.05, 0.1) is 22.8 Å². The van der Waals surface area contributed by atoms with Crippen LogP contribution in [0.2, 0.25) is 35.7 Å². The SMILES string of the molecule is COc1cc(-c2nc(SC)nc3c2ccn3COCC[Si](C)(C)C)c(Cl)cc1Cl. The van der Waals surface area contributed by atoms with Gasteiger partial charge in [-0.05, 0) is 30.5 Å². The van der Waals surface area contributed by atoms with Gasteiger partial charge in [-0.15, -0.1) is 0 Å². The molecule has 3 aromatic rings. The van der Waals surface area contributed by atoms with Crippen molar-refractivity contribution in [1.82, 2.24) is 14.5 Å². The zero-order chi connectivity index (χ0) is 21.2. The van der Waals surface area contributed by atoms with Gasteiger partial charge in [-0.3, -0.25) is 0 Å². The monoisotopic (exact) mass is 469 g/mol. The van der Waals surface area contributed by atoms with E-state index in [2.05, 4.69) is 19.6 Å². The van der Waals surface area contributed by atoms with Gasteiger partial charge in [0, 0.05) is 31.8 Å². The van der Waals surface area contributed by atoms with Gasteiger partial charge in [-0.2, -0.15) is 0 Å². The lowest BCUT2D eigenvalue weighted by Crippen LogP contribution is -2.22. The molecule has 3 rings (SSSR count). The maximum absolute atomic E-state index is 6.51. The van der Waals surface area contributed by atoms with Gasteiger partial charge in [0.15, 0.2) is 5.16 Å². The number of rotatable bonds is 8. The number of methoxy groups -OCH3 is 1. The number of hydrogen-bond donors (Lipinski definition) is 0. The summed E-state index contributed by atoms with van der Waals surface area (Å²) in [5.41, 5.74) is 2.32. The van der Waals surface area contributed by atoms with Crippen LogP contribution in [-0.2, 0) is 11.5 Å². The van der Waals surface area contributed by atoms with Crippen molar-refractivity contribution >= 4 is 54.1 Å². The van der Waals surface area contributed by atoms with Crippen LogP contribution in [-0.4, -0.2) is 42.6 Å². The average Bonchev–Trinajstić information content (AvgIpc) is 3.07. The first-order valence-electron chi connectivity index (χ1n) is 9.25. The Morgan fingerprint density at radius 1 is 1.14 bits per heavy atom. The van der Waals surface area contributed by atoms with E-state index in [-0.39, 0.29) is 0 Å². The number of halogens is 2. The molecule has 5 nitrogen and oxygen atoms in total. The van der Waals surface area contributed by atoms with Gasteiger partial charge in [-0.1, -0.05) is 54.6 Å². The number of benzene rings is 1. The van der Waals surface area contributed by atoms with E-state index in [9.17, 15) is 0 Å². The molecule has 0 bridgehead atoms. The van der Waals surface area contributed by atoms with E-state index < -0.39 is 8.07 Å². The van der Waals surface area contributed by atoms with Crippen LogP contribution in [0.25, 0.3) is 22.3 Å². The molecular weight excluding hydrogens is 445 g/mol. The minimum absolute atomic E-state index is 0.454. The summed E-state index contributed by atoms with van der Waals surface area (Å²) < 4.78 is 13.3. The Kier molecular flexibility index (Phi) is 7.17. The summed E-state index contributed by atoms with van der Waals surface area (Å²) >= 11 is 14.2. The summed E-state index contributed by atoms with van der Waals surface area (Å²) in [4.78, 5) is 9.42. The third kappa shape index (κ3) is 5.27. The lowest BCUT2D eigenvalue weighted by Gasteiger charge is -2.16. The van der Waals surface area contributed by atoms with Crippen molar-refractivity contribution in [1.29, 1.82) is 0 Å². The second-order valence-corrected chi connectivity index (χ2v) is 15.1. The minimum atomic E-state index is -1.12. The molecule has 0 amide bonds. The highest BCUT2D eigenvalue weighted by Crippen LogP contribution is 2.39. The van der Waals surface area contributed by atoms with E-state index in [0.717, 1.165) is 34.9 Å². The van der Waals surface area contributed by atoms with E-state index in [4.69, 9.17) is 42.6 Å². The third-order valence-electron chi connectivity index (χ3n) is 4.50. The minimum Gasteiger partial charge on any atom is -0.495 e. The average molecular weight is 470 g/mol. The van der Waals surface area contributed by atoms with Crippen LogP contribution in [0, 0.1) is 0 Å². The molecule has 0 fully saturated rings. The predicted molar refractivity (Wildman–Crippen MR) is 125 cm³/mol. The van der Waals surface area contributed by atoms with Crippen LogP contribution in [0.5, 0.6) is 5.75 Å². The number of fused-ring (bicyclic) bond motifs is 1. The number of ether oxygens (including phenoxy) is 2. The highest BCUT2D eigenvalue weighted by molar-refractivity contribution is 7.98. The largest absolute Gasteiger partial charge is 0.495 e. The van der Waals surface area contributed by atoms with Crippen LogP contribution < -0.4 is 4.74 Å². The summed E-state index contributed by atoms with van der Waals surface area (Å²) in [6.07, 6.45) is 3.93. The molecule has 0 spiro atoms. The summed E-state index contributed by atoms with van der Waals surface area (Å²) in [5, 5.41) is 2.55. The van der Waals surface area contributed by atoms with Crippen molar-refractivity contribution in [3.05, 3.63) is 34.4 Å². The van der Waals surface area contributed by atoms with E-state index in [1.54, 1.807) is 13.2 Å². The van der Waals surface area contributed by atoms with E-state index in [1.165, 1.54) is 11.8 Å². The van der Waals surface area contributed by atoms with Crippen LogP contribution in [0.3, 0.4) is 0 Å². The van der Waals surface area contributed by atoms with Gasteiger partial charge in [0.2, 0.25) is 0 Å². The number of hydrogen-bond acceptors (Lipinski definition) is 5. The highest BCUT2D eigenvalue weighted by atomic mass is 35.5. The van der Waals surface area contributed by atoms with Crippen LogP contribution >= 0.6 is 35.0 Å². The molecule has 0 saturated carbocycles. The molecule has 29 heavy (non-hydrogen) atoms. The summed E-state index contributed by atoms with van der Waals surface area (Å²) in [6, 6.07) is 6.62. The quantitative estimate of drug-likeness (QED) is 0.164. The lowest BCUT2D eigenvalue weighted by atomic mass is 10.1. The molecule has 0 aliphatic rings. The van der Waals surface area contributed by atoms with Gasteiger partial charge >= 0.3 is 0 Å². The van der Waals surface area contributed by atoms with E-state index in [0.29, 0.717) is 27.7 Å². The number of thioether (sulfide) groups is 1. The first-order chi connectivity index (χ1) is 13.7. The molecule has 0 saturated heterocycles. The highest BCUT2D eigenvalue weighted by Gasteiger charge is 2.18. The molecule has 0 aliphatic carbocycles. The van der Waals surface area contributed by atoms with Crippen LogP contribution in [0.1, 0.15) is 0 Å². The molecule has 0 unspecified atom stereocenters. The Bertz CT molecular complexity index is 1020. The Hall–Kier alpha value is -1.25. The molecule has 156 valence electrons. The van der Waals surface area contributed by atoms with Gasteiger partial charge in [0.25, 0.3) is 0 Å². The normalized spacial score (nSPS) is 12.0. The molecule has 2 aromatic heterocycles. The smallest absolute Gasteiger partial charge is 0.189 e. The van der Waals surface area contributed by atoms with Crippen molar-refractivity contribution in [2.24, 2.45) is 0 Å². The van der Waals surface area contributed by atoms with Crippen molar-refractivity contribution < 1.29 is 9.47 Å². The second kappa shape index (κ2) is 9.26. The van der Waals surface area contributed by atoms with Crippen LogP contribution in [0.15, 0.2) is 29.6 Å². The van der Waals surface area contributed by atoms with E-state index in [1.807, 2.05) is 29.2 Å². The first-order valence-corrected chi connectivity index (χ1v) is 14.9. The second-order valence-electron chi connectivity index (χ2n) is 7.90. The van der Waals surface area contributed by atoms with Crippen LogP contribution in [0.4, 0.5) is 0 Å². The fraction of sp³-hybridized carbons (Fsp3) is 0.400. The van der Waals surface area contributed by atoms with Crippen molar-refractivity contribution in [3.63, 3.8) is 0 Å². The molecule has 0 radical (unpaired) electrons. The molecular formula is C20H25Cl2N3O2SSi. The van der Waals surface area contributed by atoms with Crippen molar-refractivity contribution in [2.75, 3.05) is 20.0 Å². The zero-order valence-corrected chi connectivity index (χ0v) is 20.6. The number of aromatic nitrogens is 3. The molecule has 2 heterocycles. The van der Waals surface area contributed by atoms with Gasteiger partial charge < -0.3 is 14.0 Å². The van der Waals surface area contributed by atoms with Crippen molar-refractivity contribution in [3.8, 4) is 17.0 Å². The molecule has 0 atom stereocenters. The third-order valence-corrected chi connectivity index (χ3v) is 7.36. The summed E-state index contributed by atoms with van der Waals surface area (Å²) in [5.74, 6) is 0.553.